The molecule has 2 aromatic carbocycles. The number of nitrogens with one attached hydrogen (secondary N) is 2. The molecule has 0 spiro atoms. The fourth-order valence-corrected chi connectivity index (χ4v) is 2.80. The van der Waals surface area contributed by atoms with Crippen molar-refractivity contribution in [1.29, 1.82) is 0 Å². The minimum Gasteiger partial charge on any atom is -0.357 e. The summed E-state index contributed by atoms with van der Waals surface area (Å²) in [6.45, 7) is 4.25. The van der Waals surface area contributed by atoms with Crippen LogP contribution in [0.1, 0.15) is 34.8 Å². The first-order valence-corrected chi connectivity index (χ1v) is 9.94. The first-order chi connectivity index (χ1) is 13.5. The van der Waals surface area contributed by atoms with Crippen LogP contribution in [0.5, 0.6) is 0 Å². The van der Waals surface area contributed by atoms with Gasteiger partial charge >= 0.3 is 0 Å². The molecule has 2 N–H and O–H groups in total. The molecule has 0 aromatic heterocycles. The fraction of sp³-hybridized carbons (Fsp3) is 0.364. The molecular weight excluding hydrogens is 499 g/mol. The van der Waals surface area contributed by atoms with E-state index in [2.05, 4.69) is 27.8 Å². The highest BCUT2D eigenvalue weighted by molar-refractivity contribution is 14.0. The van der Waals surface area contributed by atoms with Crippen molar-refractivity contribution < 1.29 is 4.79 Å². The van der Waals surface area contributed by atoms with E-state index in [0.29, 0.717) is 12.1 Å². The van der Waals surface area contributed by atoms with Crippen LogP contribution in [0.15, 0.2) is 53.5 Å². The van der Waals surface area contributed by atoms with Crippen molar-refractivity contribution in [1.82, 2.24) is 15.5 Å². The van der Waals surface area contributed by atoms with Gasteiger partial charge in [-0.15, -0.1) is 24.0 Å². The number of aliphatic imine (C=N–C) groups is 1. The van der Waals surface area contributed by atoms with E-state index in [4.69, 9.17) is 11.6 Å². The smallest absolute Gasteiger partial charge is 0.253 e. The first kappa shape index (κ1) is 25.2. The van der Waals surface area contributed by atoms with E-state index in [9.17, 15) is 4.79 Å². The molecular formula is C22H30ClIN4O. The summed E-state index contributed by atoms with van der Waals surface area (Å²) in [7, 11) is 3.50. The minimum absolute atomic E-state index is 0. The van der Waals surface area contributed by atoms with Crippen LogP contribution in [-0.2, 0) is 13.0 Å². The second-order valence-corrected chi connectivity index (χ2v) is 7.18. The molecule has 0 aliphatic carbocycles. The maximum absolute atomic E-state index is 11.9. The van der Waals surface area contributed by atoms with E-state index in [-0.39, 0.29) is 29.9 Å². The molecule has 0 saturated heterocycles. The second kappa shape index (κ2) is 13.4. The molecule has 0 atom stereocenters. The molecule has 0 unspecified atom stereocenters. The average Bonchev–Trinajstić information content (AvgIpc) is 2.70. The molecule has 0 aliphatic heterocycles. The Morgan fingerprint density at radius 2 is 1.62 bits per heavy atom. The van der Waals surface area contributed by atoms with Crippen LogP contribution in [0.2, 0.25) is 5.02 Å². The Kier molecular flexibility index (Phi) is 11.7. The number of benzene rings is 2. The van der Waals surface area contributed by atoms with Crippen molar-refractivity contribution in [3.05, 3.63) is 70.2 Å². The van der Waals surface area contributed by atoms with Crippen molar-refractivity contribution in [3.8, 4) is 0 Å². The lowest BCUT2D eigenvalue weighted by Gasteiger charge is -2.12. The third-order valence-electron chi connectivity index (χ3n) is 4.22. The van der Waals surface area contributed by atoms with E-state index >= 15 is 0 Å². The minimum atomic E-state index is 0. The monoisotopic (exact) mass is 528 g/mol. The van der Waals surface area contributed by atoms with Gasteiger partial charge in [0.25, 0.3) is 5.91 Å². The lowest BCUT2D eigenvalue weighted by molar-refractivity contribution is 0.0827. The van der Waals surface area contributed by atoms with E-state index in [0.717, 1.165) is 42.5 Å². The van der Waals surface area contributed by atoms with Gasteiger partial charge in [-0.2, -0.15) is 0 Å². The van der Waals surface area contributed by atoms with Gasteiger partial charge in [-0.05, 0) is 55.2 Å². The number of nitrogens with zero attached hydrogens (tertiary/aromatic N) is 2. The van der Waals surface area contributed by atoms with Crippen LogP contribution >= 0.6 is 35.6 Å². The van der Waals surface area contributed by atoms with Gasteiger partial charge in [0, 0.05) is 37.8 Å². The van der Waals surface area contributed by atoms with Gasteiger partial charge < -0.3 is 15.5 Å². The first-order valence-electron chi connectivity index (χ1n) is 9.57. The molecule has 0 fully saturated rings. The van der Waals surface area contributed by atoms with Crippen molar-refractivity contribution in [2.24, 2.45) is 4.99 Å². The zero-order valence-electron chi connectivity index (χ0n) is 17.2. The summed E-state index contributed by atoms with van der Waals surface area (Å²) in [6.07, 6.45) is 2.00. The summed E-state index contributed by atoms with van der Waals surface area (Å²) in [4.78, 5) is 18.1. The normalized spacial score (nSPS) is 10.8. The molecule has 1 amide bonds. The summed E-state index contributed by atoms with van der Waals surface area (Å²) >= 11 is 5.92. The van der Waals surface area contributed by atoms with Crippen molar-refractivity contribution in [2.45, 2.75) is 26.3 Å². The SMILES string of the molecule is CCNC(=NCc1ccc(C(=O)N(C)C)cc1)NCCCc1ccc(Cl)cc1.I. The van der Waals surface area contributed by atoms with Crippen LogP contribution < -0.4 is 10.6 Å². The Bertz CT molecular complexity index is 776. The molecule has 0 radical (unpaired) electrons. The van der Waals surface area contributed by atoms with Crippen LogP contribution in [-0.4, -0.2) is 44.0 Å². The highest BCUT2D eigenvalue weighted by Crippen LogP contribution is 2.11. The summed E-state index contributed by atoms with van der Waals surface area (Å²) in [5.41, 5.74) is 3.03. The Balaban J connectivity index is 0.00000420. The third-order valence-corrected chi connectivity index (χ3v) is 4.47. The number of aryl methyl sites for hydroxylation is 1. The molecule has 158 valence electrons. The van der Waals surface area contributed by atoms with E-state index < -0.39 is 0 Å². The fourth-order valence-electron chi connectivity index (χ4n) is 2.67. The van der Waals surface area contributed by atoms with Gasteiger partial charge in [-0.1, -0.05) is 35.9 Å². The molecule has 2 aromatic rings. The lowest BCUT2D eigenvalue weighted by Crippen LogP contribution is -2.37. The molecule has 0 bridgehead atoms. The lowest BCUT2D eigenvalue weighted by atomic mass is 10.1. The highest BCUT2D eigenvalue weighted by atomic mass is 127. The maximum Gasteiger partial charge on any atom is 0.253 e. The zero-order chi connectivity index (χ0) is 20.4. The zero-order valence-corrected chi connectivity index (χ0v) is 20.3. The Hall–Kier alpha value is -1.80. The van der Waals surface area contributed by atoms with Gasteiger partial charge in [0.2, 0.25) is 0 Å². The number of halogens is 2. The van der Waals surface area contributed by atoms with Crippen LogP contribution in [0, 0.1) is 0 Å². The van der Waals surface area contributed by atoms with Crippen LogP contribution in [0.3, 0.4) is 0 Å². The number of rotatable bonds is 8. The molecule has 7 heteroatoms. The Morgan fingerprint density at radius 3 is 2.21 bits per heavy atom. The number of carbonyl (C=O) groups is 1. The van der Waals surface area contributed by atoms with Gasteiger partial charge in [0.05, 0.1) is 6.54 Å². The Labute approximate surface area is 196 Å². The summed E-state index contributed by atoms with van der Waals surface area (Å²) in [5, 5.41) is 7.40. The number of hydrogen-bond donors (Lipinski definition) is 2. The second-order valence-electron chi connectivity index (χ2n) is 6.75. The topological polar surface area (TPSA) is 56.7 Å². The standard InChI is InChI=1S/C22H29ClN4O.HI/c1-4-24-22(25-15-5-6-17-9-13-20(23)14-10-17)26-16-18-7-11-19(12-8-18)21(28)27(2)3;/h7-14H,4-6,15-16H2,1-3H3,(H2,24,25,26);1H. The predicted octanol–water partition coefficient (Wildman–Crippen LogP) is 4.35. The van der Waals surface area contributed by atoms with E-state index in [1.54, 1.807) is 19.0 Å². The predicted molar refractivity (Wildman–Crippen MR) is 132 cm³/mol. The van der Waals surface area contributed by atoms with Crippen molar-refractivity contribution in [2.75, 3.05) is 27.2 Å². The van der Waals surface area contributed by atoms with Crippen LogP contribution in [0.25, 0.3) is 0 Å². The van der Waals surface area contributed by atoms with E-state index in [1.165, 1.54) is 5.56 Å². The van der Waals surface area contributed by atoms with Gasteiger partial charge in [0.15, 0.2) is 5.96 Å². The number of amides is 1. The number of carbonyl (C=O) groups excluding carboxylic acids is 1. The third kappa shape index (κ3) is 9.04. The molecule has 2 rings (SSSR count). The summed E-state index contributed by atoms with van der Waals surface area (Å²) in [5.74, 6) is 0.804. The highest BCUT2D eigenvalue weighted by Gasteiger charge is 2.07. The molecule has 0 saturated carbocycles. The molecule has 5 nitrogen and oxygen atoms in total. The quantitative estimate of drug-likeness (QED) is 0.232. The maximum atomic E-state index is 11.9. The average molecular weight is 529 g/mol. The molecule has 0 aliphatic rings. The summed E-state index contributed by atoms with van der Waals surface area (Å²) in [6, 6.07) is 15.6. The molecule has 0 heterocycles. The van der Waals surface area contributed by atoms with Crippen molar-refractivity contribution in [3.63, 3.8) is 0 Å². The van der Waals surface area contributed by atoms with Gasteiger partial charge in [0.1, 0.15) is 0 Å². The molecule has 29 heavy (non-hydrogen) atoms. The van der Waals surface area contributed by atoms with Gasteiger partial charge in [-0.3, -0.25) is 4.79 Å². The van der Waals surface area contributed by atoms with Gasteiger partial charge in [-0.25, -0.2) is 4.99 Å². The number of guanidine groups is 1. The summed E-state index contributed by atoms with van der Waals surface area (Å²) < 4.78 is 0. The van der Waals surface area contributed by atoms with Crippen molar-refractivity contribution >= 4 is 47.4 Å². The number of hydrogen-bond acceptors (Lipinski definition) is 2. The Morgan fingerprint density at radius 1 is 1.00 bits per heavy atom. The largest absolute Gasteiger partial charge is 0.357 e. The van der Waals surface area contributed by atoms with Crippen LogP contribution in [0.4, 0.5) is 0 Å². The van der Waals surface area contributed by atoms with E-state index in [1.807, 2.05) is 43.3 Å².